The van der Waals surface area contributed by atoms with Crippen LogP contribution in [0.1, 0.15) is 25.3 Å². The van der Waals surface area contributed by atoms with Gasteiger partial charge in [-0.15, -0.1) is 0 Å². The first-order valence-corrected chi connectivity index (χ1v) is 5.82. The van der Waals surface area contributed by atoms with E-state index < -0.39 is 5.97 Å². The quantitative estimate of drug-likeness (QED) is 0.771. The number of amides is 1. The molecule has 5 nitrogen and oxygen atoms in total. The van der Waals surface area contributed by atoms with Gasteiger partial charge in [0.2, 0.25) is 5.91 Å². The van der Waals surface area contributed by atoms with Gasteiger partial charge in [-0.1, -0.05) is 19.1 Å². The summed E-state index contributed by atoms with van der Waals surface area (Å²) >= 11 is 0. The van der Waals surface area contributed by atoms with Crippen LogP contribution in [0, 0.1) is 0 Å². The third-order valence-corrected chi connectivity index (χ3v) is 2.23. The van der Waals surface area contributed by atoms with Crippen LogP contribution in [-0.4, -0.2) is 23.6 Å². The topological polar surface area (TPSA) is 75.6 Å². The number of ether oxygens (including phenoxy) is 1. The summed E-state index contributed by atoms with van der Waals surface area (Å²) in [6.07, 6.45) is 1.32. The van der Waals surface area contributed by atoms with Gasteiger partial charge in [0.05, 0.1) is 0 Å². The number of nitrogens with one attached hydrogen (secondary N) is 1. The van der Waals surface area contributed by atoms with Crippen molar-refractivity contribution in [2.45, 2.75) is 26.3 Å². The third-order valence-electron chi connectivity index (χ3n) is 2.23. The molecule has 1 amide bonds. The van der Waals surface area contributed by atoms with Crippen molar-refractivity contribution in [1.29, 1.82) is 0 Å². The minimum absolute atomic E-state index is 0.00866. The van der Waals surface area contributed by atoms with Gasteiger partial charge in [-0.25, -0.2) is 4.79 Å². The van der Waals surface area contributed by atoms with E-state index >= 15 is 0 Å². The molecule has 5 heteroatoms. The van der Waals surface area contributed by atoms with E-state index in [2.05, 4.69) is 5.32 Å². The van der Waals surface area contributed by atoms with Gasteiger partial charge in [-0.2, -0.15) is 0 Å². The summed E-state index contributed by atoms with van der Waals surface area (Å²) < 4.78 is 5.05. The second kappa shape index (κ2) is 7.32. The van der Waals surface area contributed by atoms with Gasteiger partial charge in [-0.05, 0) is 24.1 Å². The van der Waals surface area contributed by atoms with Crippen LogP contribution in [0.2, 0.25) is 0 Å². The summed E-state index contributed by atoms with van der Waals surface area (Å²) in [4.78, 5) is 21.7. The number of hydrogen-bond acceptors (Lipinski definition) is 3. The molecule has 1 aromatic carbocycles. The molecule has 1 rings (SSSR count). The Hall–Kier alpha value is -2.04. The van der Waals surface area contributed by atoms with E-state index in [1.165, 1.54) is 0 Å². The fourth-order valence-electron chi connectivity index (χ4n) is 1.41. The highest BCUT2D eigenvalue weighted by Gasteiger charge is 2.02. The van der Waals surface area contributed by atoms with Crippen LogP contribution >= 0.6 is 0 Å². The van der Waals surface area contributed by atoms with Crippen LogP contribution in [-0.2, 0) is 16.1 Å². The molecule has 0 aliphatic heterocycles. The van der Waals surface area contributed by atoms with Crippen LogP contribution in [0.15, 0.2) is 24.3 Å². The smallest absolute Gasteiger partial charge is 0.341 e. The van der Waals surface area contributed by atoms with Gasteiger partial charge in [0.1, 0.15) is 5.75 Å². The van der Waals surface area contributed by atoms with Crippen molar-refractivity contribution in [3.05, 3.63) is 29.8 Å². The lowest BCUT2D eigenvalue weighted by atomic mass is 10.2. The molecular formula is C13H17NO4. The van der Waals surface area contributed by atoms with Gasteiger partial charge in [0.25, 0.3) is 0 Å². The van der Waals surface area contributed by atoms with E-state index in [4.69, 9.17) is 9.84 Å². The molecule has 18 heavy (non-hydrogen) atoms. The standard InChI is InChI=1S/C13H17NO4/c1-2-4-12(15)14-8-10-5-3-6-11(7-10)18-9-13(16)17/h3,5-7H,2,4,8-9H2,1H3,(H,14,15)(H,16,17). The van der Waals surface area contributed by atoms with Crippen molar-refractivity contribution in [2.75, 3.05) is 6.61 Å². The molecule has 0 radical (unpaired) electrons. The maximum absolute atomic E-state index is 11.3. The molecule has 0 heterocycles. The number of hydrogen-bond donors (Lipinski definition) is 2. The lowest BCUT2D eigenvalue weighted by molar-refractivity contribution is -0.139. The Bertz CT molecular complexity index is 417. The minimum Gasteiger partial charge on any atom is -0.482 e. The summed E-state index contributed by atoms with van der Waals surface area (Å²) in [5.41, 5.74) is 0.877. The molecule has 0 unspecified atom stereocenters. The lowest BCUT2D eigenvalue weighted by Gasteiger charge is -2.07. The Morgan fingerprint density at radius 2 is 2.17 bits per heavy atom. The summed E-state index contributed by atoms with van der Waals surface area (Å²) in [5, 5.41) is 11.3. The average Bonchev–Trinajstić information content (AvgIpc) is 2.35. The number of carbonyl (C=O) groups is 2. The van der Waals surface area contributed by atoms with Crippen LogP contribution in [0.3, 0.4) is 0 Å². The fourth-order valence-corrected chi connectivity index (χ4v) is 1.41. The molecule has 0 saturated heterocycles. The van der Waals surface area contributed by atoms with Gasteiger partial charge in [0.15, 0.2) is 6.61 Å². The Morgan fingerprint density at radius 1 is 1.39 bits per heavy atom. The van der Waals surface area contributed by atoms with E-state index in [-0.39, 0.29) is 12.5 Å². The molecule has 0 fully saturated rings. The lowest BCUT2D eigenvalue weighted by Crippen LogP contribution is -2.22. The largest absolute Gasteiger partial charge is 0.482 e. The number of aliphatic carboxylic acids is 1. The van der Waals surface area contributed by atoms with E-state index in [0.717, 1.165) is 12.0 Å². The number of carbonyl (C=O) groups excluding carboxylic acids is 1. The van der Waals surface area contributed by atoms with Crippen LogP contribution in [0.25, 0.3) is 0 Å². The highest BCUT2D eigenvalue weighted by molar-refractivity contribution is 5.75. The molecule has 0 aliphatic carbocycles. The zero-order valence-corrected chi connectivity index (χ0v) is 10.3. The molecule has 0 spiro atoms. The number of carboxylic acid groups (broad SMARTS) is 1. The maximum Gasteiger partial charge on any atom is 0.341 e. The first kappa shape index (κ1) is 14.0. The number of benzene rings is 1. The van der Waals surface area contributed by atoms with E-state index in [1.54, 1.807) is 18.2 Å². The van der Waals surface area contributed by atoms with Crippen molar-refractivity contribution in [3.8, 4) is 5.75 Å². The summed E-state index contributed by atoms with van der Waals surface area (Å²) in [6.45, 7) is 1.99. The summed E-state index contributed by atoms with van der Waals surface area (Å²) in [5.74, 6) is -0.523. The fraction of sp³-hybridized carbons (Fsp3) is 0.385. The molecule has 0 atom stereocenters. The molecule has 0 saturated carbocycles. The maximum atomic E-state index is 11.3. The predicted octanol–water partition coefficient (Wildman–Crippen LogP) is 1.57. The van der Waals surface area contributed by atoms with Crippen molar-refractivity contribution >= 4 is 11.9 Å². The van der Waals surface area contributed by atoms with Gasteiger partial charge < -0.3 is 15.2 Å². The highest BCUT2D eigenvalue weighted by atomic mass is 16.5. The minimum atomic E-state index is -1.02. The SMILES string of the molecule is CCCC(=O)NCc1cccc(OCC(=O)O)c1. The molecule has 0 bridgehead atoms. The zero-order valence-electron chi connectivity index (χ0n) is 10.3. The molecule has 0 aliphatic rings. The number of rotatable bonds is 7. The van der Waals surface area contributed by atoms with Crippen molar-refractivity contribution in [3.63, 3.8) is 0 Å². The van der Waals surface area contributed by atoms with Gasteiger partial charge >= 0.3 is 5.97 Å². The monoisotopic (exact) mass is 251 g/mol. The molecule has 98 valence electrons. The molecule has 2 N–H and O–H groups in total. The van der Waals surface area contributed by atoms with E-state index in [0.29, 0.717) is 18.7 Å². The van der Waals surface area contributed by atoms with Gasteiger partial charge in [0, 0.05) is 13.0 Å². The molecule has 0 aromatic heterocycles. The molecule has 1 aromatic rings. The van der Waals surface area contributed by atoms with Crippen LogP contribution in [0.5, 0.6) is 5.75 Å². The Labute approximate surface area is 106 Å². The first-order chi connectivity index (χ1) is 8.61. The second-order valence-electron chi connectivity index (χ2n) is 3.86. The Kier molecular flexibility index (Phi) is 5.70. The average molecular weight is 251 g/mol. The Balaban J connectivity index is 2.48. The first-order valence-electron chi connectivity index (χ1n) is 5.82. The second-order valence-corrected chi connectivity index (χ2v) is 3.86. The van der Waals surface area contributed by atoms with Crippen molar-refractivity contribution in [1.82, 2.24) is 5.32 Å². The highest BCUT2D eigenvalue weighted by Crippen LogP contribution is 2.13. The van der Waals surface area contributed by atoms with Gasteiger partial charge in [-0.3, -0.25) is 4.79 Å². The van der Waals surface area contributed by atoms with Crippen LogP contribution < -0.4 is 10.1 Å². The Morgan fingerprint density at radius 3 is 2.83 bits per heavy atom. The third kappa shape index (κ3) is 5.34. The zero-order chi connectivity index (χ0) is 13.4. The summed E-state index contributed by atoms with van der Waals surface area (Å²) in [6, 6.07) is 7.01. The normalized spacial score (nSPS) is 9.83. The predicted molar refractivity (Wildman–Crippen MR) is 66.3 cm³/mol. The van der Waals surface area contributed by atoms with Crippen LogP contribution in [0.4, 0.5) is 0 Å². The molecular weight excluding hydrogens is 234 g/mol. The van der Waals surface area contributed by atoms with E-state index in [9.17, 15) is 9.59 Å². The van der Waals surface area contributed by atoms with Crippen molar-refractivity contribution in [2.24, 2.45) is 0 Å². The van der Waals surface area contributed by atoms with Crippen molar-refractivity contribution < 1.29 is 19.4 Å². The number of carboxylic acids is 1. The van der Waals surface area contributed by atoms with E-state index in [1.807, 2.05) is 13.0 Å². The summed E-state index contributed by atoms with van der Waals surface area (Å²) in [7, 11) is 0.